The van der Waals surface area contributed by atoms with Crippen LogP contribution < -0.4 is 5.56 Å². The van der Waals surface area contributed by atoms with Crippen LogP contribution in [0.3, 0.4) is 0 Å². The van der Waals surface area contributed by atoms with Gasteiger partial charge in [-0.3, -0.25) is 14.0 Å². The quantitative estimate of drug-likeness (QED) is 0.446. The summed E-state index contributed by atoms with van der Waals surface area (Å²) in [5.41, 5.74) is 0.679. The molecule has 25 heavy (non-hydrogen) atoms. The van der Waals surface area contributed by atoms with Gasteiger partial charge in [0.15, 0.2) is 22.9 Å². The Labute approximate surface area is 143 Å². The van der Waals surface area contributed by atoms with E-state index < -0.39 is 5.78 Å². The predicted molar refractivity (Wildman–Crippen MR) is 94.9 cm³/mol. The summed E-state index contributed by atoms with van der Waals surface area (Å²) in [5.74, 6) is -0.733. The van der Waals surface area contributed by atoms with Gasteiger partial charge in [0.2, 0.25) is 0 Å². The van der Waals surface area contributed by atoms with Crippen molar-refractivity contribution in [1.82, 2.24) is 4.40 Å². The molecule has 3 rings (SSSR count). The van der Waals surface area contributed by atoms with Crippen molar-refractivity contribution in [2.75, 3.05) is 0 Å². The molecule has 3 aromatic rings. The van der Waals surface area contributed by atoms with Crippen molar-refractivity contribution in [3.8, 4) is 0 Å². The second-order valence-electron chi connectivity index (χ2n) is 5.34. The Morgan fingerprint density at radius 1 is 1.00 bits per heavy atom. The molecule has 0 spiro atoms. The van der Waals surface area contributed by atoms with Gasteiger partial charge in [-0.05, 0) is 24.3 Å². The van der Waals surface area contributed by atoms with Gasteiger partial charge < -0.3 is 5.11 Å². The zero-order valence-corrected chi connectivity index (χ0v) is 13.5. The number of hydrogen-bond donors (Lipinski definition) is 1. The number of aliphatic hydroxyl groups is 1. The molecule has 0 unspecified atom stereocenters. The van der Waals surface area contributed by atoms with Crippen molar-refractivity contribution < 1.29 is 9.90 Å². The number of carbonyl (C=O) groups is 1. The Balaban J connectivity index is 2.06. The van der Waals surface area contributed by atoms with Crippen molar-refractivity contribution in [2.24, 2.45) is 10.2 Å². The third-order valence-electron chi connectivity index (χ3n) is 3.60. The predicted octanol–water partition coefficient (Wildman–Crippen LogP) is 3.90. The molecule has 2 aromatic heterocycles. The van der Waals surface area contributed by atoms with Crippen LogP contribution in [0.4, 0.5) is 5.69 Å². The third-order valence-corrected chi connectivity index (χ3v) is 3.60. The fourth-order valence-corrected chi connectivity index (χ4v) is 2.33. The van der Waals surface area contributed by atoms with E-state index in [1.165, 1.54) is 17.4 Å². The number of aromatic nitrogens is 1. The molecule has 0 atom stereocenters. The number of Topliss-reactive ketones (excluding diaryl/α,β-unsaturated/α-hetero) is 1. The Bertz CT molecular complexity index is 1050. The van der Waals surface area contributed by atoms with Gasteiger partial charge in [0.1, 0.15) is 0 Å². The smallest absolute Gasteiger partial charge is 0.282 e. The summed E-state index contributed by atoms with van der Waals surface area (Å²) < 4.78 is 1.43. The van der Waals surface area contributed by atoms with Crippen molar-refractivity contribution in [1.29, 1.82) is 0 Å². The van der Waals surface area contributed by atoms with E-state index in [1.807, 2.05) is 6.07 Å². The van der Waals surface area contributed by atoms with Crippen LogP contribution in [0.1, 0.15) is 12.5 Å². The first-order valence-corrected chi connectivity index (χ1v) is 7.59. The highest BCUT2D eigenvalue weighted by Crippen LogP contribution is 2.19. The maximum Gasteiger partial charge on any atom is 0.282 e. The lowest BCUT2D eigenvalue weighted by Crippen LogP contribution is -2.11. The normalized spacial score (nSPS) is 12.4. The van der Waals surface area contributed by atoms with Crippen LogP contribution in [-0.4, -0.2) is 15.3 Å². The average molecular weight is 333 g/mol. The first-order chi connectivity index (χ1) is 12.1. The van der Waals surface area contributed by atoms with Gasteiger partial charge in [-0.2, -0.15) is 0 Å². The minimum absolute atomic E-state index is 0.0725. The van der Waals surface area contributed by atoms with E-state index in [9.17, 15) is 14.7 Å². The van der Waals surface area contributed by atoms with E-state index in [2.05, 4.69) is 10.2 Å². The van der Waals surface area contributed by atoms with Gasteiger partial charge in [-0.1, -0.05) is 36.4 Å². The maximum absolute atomic E-state index is 12.4. The fourth-order valence-electron chi connectivity index (χ4n) is 2.33. The maximum atomic E-state index is 12.4. The summed E-state index contributed by atoms with van der Waals surface area (Å²) in [4.78, 5) is 24.2. The highest BCUT2D eigenvalue weighted by molar-refractivity contribution is 5.99. The molecule has 6 nitrogen and oxygen atoms in total. The summed E-state index contributed by atoms with van der Waals surface area (Å²) in [6, 6.07) is 17.2. The van der Waals surface area contributed by atoms with E-state index in [-0.39, 0.29) is 22.7 Å². The van der Waals surface area contributed by atoms with Crippen molar-refractivity contribution in [2.45, 2.75) is 6.92 Å². The zero-order valence-electron chi connectivity index (χ0n) is 13.5. The first kappa shape index (κ1) is 16.3. The second-order valence-corrected chi connectivity index (χ2v) is 5.34. The standard InChI is InChI=1S/C19H15N3O3/c1-13(23)17(18(24)14-7-3-2-4-8-14)21-20-16-11-10-15-9-5-6-12-22(15)19(16)25/h2-12,24H,1H3/b18-17-,21-20?. The molecule has 0 bridgehead atoms. The average Bonchev–Trinajstić information content (AvgIpc) is 2.64. The molecule has 0 aliphatic rings. The number of carbonyl (C=O) groups excluding carboxylic acids is 1. The van der Waals surface area contributed by atoms with Crippen LogP contribution in [0.15, 0.2) is 87.6 Å². The highest BCUT2D eigenvalue weighted by Gasteiger charge is 2.13. The number of allylic oxidation sites excluding steroid dienone is 1. The number of benzene rings is 1. The van der Waals surface area contributed by atoms with Crippen molar-refractivity contribution >= 4 is 22.7 Å². The molecule has 0 amide bonds. The molecule has 0 radical (unpaired) electrons. The SMILES string of the molecule is CC(=O)/C(N=Nc1ccc2ccccn2c1=O)=C(/O)c1ccccc1. The lowest BCUT2D eigenvalue weighted by molar-refractivity contribution is -0.113. The van der Waals surface area contributed by atoms with Crippen LogP contribution in [0, 0.1) is 0 Å². The molecule has 0 saturated carbocycles. The van der Waals surface area contributed by atoms with Crippen LogP contribution in [0.25, 0.3) is 11.3 Å². The molecular formula is C19H15N3O3. The summed E-state index contributed by atoms with van der Waals surface area (Å²) >= 11 is 0. The summed E-state index contributed by atoms with van der Waals surface area (Å²) in [7, 11) is 0. The Kier molecular flexibility index (Phi) is 4.52. The molecule has 1 aromatic carbocycles. The molecule has 1 N–H and O–H groups in total. The van der Waals surface area contributed by atoms with E-state index in [0.29, 0.717) is 5.56 Å². The van der Waals surface area contributed by atoms with E-state index in [1.54, 1.807) is 54.7 Å². The Morgan fingerprint density at radius 3 is 2.44 bits per heavy atom. The van der Waals surface area contributed by atoms with Crippen molar-refractivity contribution in [3.63, 3.8) is 0 Å². The monoisotopic (exact) mass is 333 g/mol. The first-order valence-electron chi connectivity index (χ1n) is 7.59. The molecule has 0 saturated heterocycles. The van der Waals surface area contributed by atoms with Crippen LogP contribution in [0.2, 0.25) is 0 Å². The van der Waals surface area contributed by atoms with Gasteiger partial charge in [0.05, 0.1) is 0 Å². The number of ketones is 1. The number of aliphatic hydroxyl groups excluding tert-OH is 1. The van der Waals surface area contributed by atoms with E-state index in [0.717, 1.165) is 5.52 Å². The van der Waals surface area contributed by atoms with Crippen LogP contribution in [0.5, 0.6) is 0 Å². The third kappa shape index (κ3) is 3.37. The lowest BCUT2D eigenvalue weighted by Gasteiger charge is -2.03. The number of hydrogen-bond acceptors (Lipinski definition) is 5. The van der Waals surface area contributed by atoms with Crippen LogP contribution >= 0.6 is 0 Å². The topological polar surface area (TPSA) is 83.5 Å². The molecule has 124 valence electrons. The van der Waals surface area contributed by atoms with Crippen molar-refractivity contribution in [3.05, 3.63) is 88.5 Å². The zero-order chi connectivity index (χ0) is 17.8. The largest absolute Gasteiger partial charge is 0.505 e. The number of azo groups is 1. The number of fused-ring (bicyclic) bond motifs is 1. The Hall–Kier alpha value is -3.54. The Morgan fingerprint density at radius 2 is 1.72 bits per heavy atom. The molecule has 0 aliphatic heterocycles. The summed E-state index contributed by atoms with van der Waals surface area (Å²) in [6.07, 6.45) is 1.62. The van der Waals surface area contributed by atoms with Gasteiger partial charge in [0.25, 0.3) is 5.56 Å². The molecule has 6 heteroatoms. The minimum atomic E-state index is -0.453. The van der Waals surface area contributed by atoms with Crippen LogP contribution in [-0.2, 0) is 4.79 Å². The van der Waals surface area contributed by atoms with E-state index in [4.69, 9.17) is 0 Å². The van der Waals surface area contributed by atoms with Gasteiger partial charge in [-0.25, -0.2) is 0 Å². The molecule has 0 aliphatic carbocycles. The minimum Gasteiger partial charge on any atom is -0.505 e. The summed E-state index contributed by atoms with van der Waals surface area (Å²) in [6.45, 7) is 1.28. The molecule has 0 fully saturated rings. The lowest BCUT2D eigenvalue weighted by atomic mass is 10.1. The molecule has 2 heterocycles. The summed E-state index contributed by atoms with van der Waals surface area (Å²) in [5, 5.41) is 18.0. The second kappa shape index (κ2) is 6.92. The van der Waals surface area contributed by atoms with Gasteiger partial charge in [-0.15, -0.1) is 10.2 Å². The van der Waals surface area contributed by atoms with Gasteiger partial charge in [0, 0.05) is 24.2 Å². The number of pyridine rings is 2. The number of nitrogens with zero attached hydrogens (tertiary/aromatic N) is 3. The van der Waals surface area contributed by atoms with E-state index >= 15 is 0 Å². The molecular weight excluding hydrogens is 318 g/mol. The van der Waals surface area contributed by atoms with Gasteiger partial charge >= 0.3 is 0 Å². The fraction of sp³-hybridized carbons (Fsp3) is 0.0526. The highest BCUT2D eigenvalue weighted by atomic mass is 16.3. The number of rotatable bonds is 4.